The Kier molecular flexibility index (Phi) is 11.2. The van der Waals surface area contributed by atoms with Crippen molar-refractivity contribution < 1.29 is 28.0 Å². The van der Waals surface area contributed by atoms with Crippen LogP contribution >= 0.6 is 11.6 Å². The van der Waals surface area contributed by atoms with Crippen molar-refractivity contribution >= 4 is 40.8 Å². The number of alkyl halides is 2. The summed E-state index contributed by atoms with van der Waals surface area (Å²) in [6.07, 6.45) is 0.944. The average Bonchev–Trinajstić information content (AvgIpc) is 3.08. The van der Waals surface area contributed by atoms with Crippen LogP contribution < -0.4 is 10.2 Å². The summed E-state index contributed by atoms with van der Waals surface area (Å²) in [4.78, 5) is 44.3. The summed E-state index contributed by atoms with van der Waals surface area (Å²) in [5.41, 5.74) is 0.0511. The number of pyridine rings is 1. The summed E-state index contributed by atoms with van der Waals surface area (Å²) in [5, 5.41) is 14.4. The van der Waals surface area contributed by atoms with Crippen LogP contribution in [0.15, 0.2) is 66.7 Å². The molecule has 2 aliphatic rings. The molecule has 2 saturated heterocycles. The quantitative estimate of drug-likeness (QED) is 0.125. The van der Waals surface area contributed by atoms with Crippen LogP contribution in [0.5, 0.6) is 0 Å². The number of nitro benzene ring substituents is 1. The Hall–Kier alpha value is -4.32. The molecule has 0 radical (unpaired) electrons. The van der Waals surface area contributed by atoms with Crippen molar-refractivity contribution in [2.75, 3.05) is 36.4 Å². The Morgan fingerprint density at radius 2 is 1.77 bits per heavy atom. The molecule has 5 rings (SSSR count). The van der Waals surface area contributed by atoms with E-state index < -0.39 is 22.7 Å². The van der Waals surface area contributed by atoms with Crippen molar-refractivity contribution in [3.05, 3.63) is 93.1 Å². The number of anilines is 2. The molecule has 47 heavy (non-hydrogen) atoms. The Labute approximate surface area is 277 Å². The van der Waals surface area contributed by atoms with Gasteiger partial charge < -0.3 is 19.9 Å². The van der Waals surface area contributed by atoms with Gasteiger partial charge in [0.25, 0.3) is 11.6 Å². The molecular weight excluding hydrogens is 632 g/mol. The van der Waals surface area contributed by atoms with Gasteiger partial charge in [-0.2, -0.15) is 0 Å². The highest BCUT2D eigenvalue weighted by molar-refractivity contribution is 6.29. The van der Waals surface area contributed by atoms with Gasteiger partial charge in [0.15, 0.2) is 0 Å². The molecule has 13 heteroatoms. The van der Waals surface area contributed by atoms with E-state index in [1.807, 2.05) is 30.3 Å². The number of ether oxygens (including phenoxy) is 1. The predicted molar refractivity (Wildman–Crippen MR) is 175 cm³/mol. The van der Waals surface area contributed by atoms with E-state index >= 15 is 0 Å². The molecule has 0 atom stereocenters. The molecule has 1 N–H and O–H groups in total. The molecule has 3 aromatic rings. The maximum absolute atomic E-state index is 14.6. The van der Waals surface area contributed by atoms with Crippen LogP contribution in [0.25, 0.3) is 0 Å². The van der Waals surface area contributed by atoms with Gasteiger partial charge in [-0.3, -0.25) is 14.9 Å². The van der Waals surface area contributed by atoms with E-state index in [1.54, 1.807) is 28.0 Å². The van der Waals surface area contributed by atoms with Gasteiger partial charge in [0, 0.05) is 43.7 Å². The van der Waals surface area contributed by atoms with E-state index in [4.69, 9.17) is 16.3 Å². The molecule has 250 valence electrons. The standard InChI is InChI=1S/C34H38ClF2N5O5/c35-29-9-4-10-30(38-29)39-31(43)27-12-11-26(42(45)46)22-28(27)40-20-16-34(17-21-40,32(36)37)15-5-8-24-13-18-41(19-14-24)33(44)47-23-25-6-2-1-3-7-25/h1-4,6-7,9-12,22,24,32H,5,8,13-21,23H2,(H,38,39,43). The summed E-state index contributed by atoms with van der Waals surface area (Å²) in [5.74, 6) is 0.0320. The summed E-state index contributed by atoms with van der Waals surface area (Å²) in [6.45, 7) is 1.84. The highest BCUT2D eigenvalue weighted by Crippen LogP contribution is 2.44. The molecule has 0 saturated carbocycles. The number of nitrogens with one attached hydrogen (secondary N) is 1. The van der Waals surface area contributed by atoms with Gasteiger partial charge in [0.05, 0.1) is 16.2 Å². The Balaban J connectivity index is 1.14. The third-order valence-electron chi connectivity index (χ3n) is 9.32. The molecule has 2 aliphatic heterocycles. The second kappa shape index (κ2) is 15.5. The lowest BCUT2D eigenvalue weighted by atomic mass is 9.73. The Morgan fingerprint density at radius 3 is 2.43 bits per heavy atom. The lowest BCUT2D eigenvalue weighted by Gasteiger charge is -2.43. The monoisotopic (exact) mass is 669 g/mol. The van der Waals surface area contributed by atoms with Crippen LogP contribution in [-0.4, -0.2) is 59.4 Å². The van der Waals surface area contributed by atoms with Crippen LogP contribution in [0.3, 0.4) is 0 Å². The van der Waals surface area contributed by atoms with Crippen molar-refractivity contribution in [2.45, 2.75) is 58.0 Å². The van der Waals surface area contributed by atoms with E-state index in [0.717, 1.165) is 24.8 Å². The number of nitrogens with zero attached hydrogens (tertiary/aromatic N) is 4. The van der Waals surface area contributed by atoms with E-state index in [1.165, 1.54) is 18.2 Å². The van der Waals surface area contributed by atoms with Crippen LogP contribution in [0.4, 0.5) is 30.8 Å². The molecule has 0 unspecified atom stereocenters. The van der Waals surface area contributed by atoms with Crippen molar-refractivity contribution in [2.24, 2.45) is 11.3 Å². The minimum absolute atomic E-state index is 0.178. The van der Waals surface area contributed by atoms with Crippen LogP contribution in [0.2, 0.25) is 5.15 Å². The first kappa shape index (κ1) is 34.0. The molecule has 0 spiro atoms. The molecule has 10 nitrogen and oxygen atoms in total. The second-order valence-corrected chi connectivity index (χ2v) is 12.7. The van der Waals surface area contributed by atoms with Crippen molar-refractivity contribution in [1.29, 1.82) is 0 Å². The Bertz CT molecular complexity index is 1550. The SMILES string of the molecule is O=C(Nc1cccc(Cl)n1)c1ccc([N+](=O)[O-])cc1N1CCC(CCCC2CCN(C(=O)OCc3ccccc3)CC2)(C(F)F)CC1. The normalized spacial score (nSPS) is 16.6. The van der Waals surface area contributed by atoms with Gasteiger partial charge in [-0.25, -0.2) is 18.6 Å². The number of aromatic nitrogens is 1. The molecule has 2 fully saturated rings. The van der Waals surface area contributed by atoms with Gasteiger partial charge >= 0.3 is 6.09 Å². The lowest BCUT2D eigenvalue weighted by molar-refractivity contribution is -0.384. The number of hydrogen-bond acceptors (Lipinski definition) is 7. The maximum atomic E-state index is 14.6. The smallest absolute Gasteiger partial charge is 0.410 e. The zero-order valence-electron chi connectivity index (χ0n) is 26.0. The highest BCUT2D eigenvalue weighted by Gasteiger charge is 2.43. The fourth-order valence-electron chi connectivity index (χ4n) is 6.48. The first-order chi connectivity index (χ1) is 22.6. The summed E-state index contributed by atoms with van der Waals surface area (Å²) < 4.78 is 34.7. The number of hydrogen-bond donors (Lipinski definition) is 1. The van der Waals surface area contributed by atoms with Crippen LogP contribution in [0, 0.1) is 21.4 Å². The number of carbonyl (C=O) groups is 2. The zero-order chi connectivity index (χ0) is 33.4. The van der Waals surface area contributed by atoms with E-state index in [2.05, 4.69) is 10.3 Å². The number of benzene rings is 2. The zero-order valence-corrected chi connectivity index (χ0v) is 26.7. The van der Waals surface area contributed by atoms with Crippen molar-refractivity contribution in [3.8, 4) is 0 Å². The van der Waals surface area contributed by atoms with Gasteiger partial charge in [0.2, 0.25) is 6.43 Å². The molecule has 1 aromatic heterocycles. The van der Waals surface area contributed by atoms with Gasteiger partial charge in [0.1, 0.15) is 17.6 Å². The number of non-ortho nitro benzene ring substituents is 1. The van der Waals surface area contributed by atoms with Crippen LogP contribution in [-0.2, 0) is 11.3 Å². The summed E-state index contributed by atoms with van der Waals surface area (Å²) in [7, 11) is 0. The number of nitro groups is 1. The minimum atomic E-state index is -2.52. The predicted octanol–water partition coefficient (Wildman–Crippen LogP) is 7.97. The van der Waals surface area contributed by atoms with E-state index in [-0.39, 0.29) is 60.9 Å². The highest BCUT2D eigenvalue weighted by atomic mass is 35.5. The number of carbonyl (C=O) groups excluding carboxylic acids is 2. The van der Waals surface area contributed by atoms with E-state index in [0.29, 0.717) is 37.5 Å². The van der Waals surface area contributed by atoms with Gasteiger partial charge in [-0.1, -0.05) is 60.8 Å². The van der Waals surface area contributed by atoms with Crippen molar-refractivity contribution in [3.63, 3.8) is 0 Å². The molecule has 3 heterocycles. The Morgan fingerprint density at radius 1 is 1.04 bits per heavy atom. The summed E-state index contributed by atoms with van der Waals surface area (Å²) in [6, 6.07) is 18.2. The fourth-order valence-corrected chi connectivity index (χ4v) is 6.64. The summed E-state index contributed by atoms with van der Waals surface area (Å²) >= 11 is 5.94. The topological polar surface area (TPSA) is 118 Å². The largest absolute Gasteiger partial charge is 0.445 e. The number of rotatable bonds is 11. The molecule has 2 aromatic carbocycles. The first-order valence-corrected chi connectivity index (χ1v) is 16.2. The first-order valence-electron chi connectivity index (χ1n) is 15.8. The van der Waals surface area contributed by atoms with Crippen molar-refractivity contribution in [1.82, 2.24) is 9.88 Å². The number of halogens is 3. The molecule has 0 bridgehead atoms. The third-order valence-corrected chi connectivity index (χ3v) is 9.53. The minimum Gasteiger partial charge on any atom is -0.445 e. The van der Waals surface area contributed by atoms with E-state index in [9.17, 15) is 28.5 Å². The van der Waals surface area contributed by atoms with Gasteiger partial charge in [-0.05, 0) is 61.8 Å². The molecular formula is C34H38ClF2N5O5. The number of amides is 2. The molecule has 0 aliphatic carbocycles. The average molecular weight is 670 g/mol. The molecule has 2 amide bonds. The number of piperidine rings is 2. The van der Waals surface area contributed by atoms with Gasteiger partial charge in [-0.15, -0.1) is 0 Å². The number of likely N-dealkylation sites (tertiary alicyclic amines) is 1. The lowest BCUT2D eigenvalue weighted by Crippen LogP contribution is -2.44. The third kappa shape index (κ3) is 8.73. The second-order valence-electron chi connectivity index (χ2n) is 12.3. The maximum Gasteiger partial charge on any atom is 0.410 e. The fraction of sp³-hybridized carbons (Fsp3) is 0.441. The van der Waals surface area contributed by atoms with Crippen LogP contribution in [0.1, 0.15) is 60.9 Å².